The van der Waals surface area contributed by atoms with Crippen molar-refractivity contribution in [3.8, 4) is 0 Å². The van der Waals surface area contributed by atoms with Gasteiger partial charge in [0, 0.05) is 33.6 Å². The molecule has 2 bridgehead atoms. The van der Waals surface area contributed by atoms with Gasteiger partial charge in [0.05, 0.1) is 12.4 Å². The van der Waals surface area contributed by atoms with Gasteiger partial charge < -0.3 is 9.80 Å². The predicted molar refractivity (Wildman–Crippen MR) is 91.3 cm³/mol. The van der Waals surface area contributed by atoms with Crippen LogP contribution in [0.3, 0.4) is 0 Å². The number of hydrazine groups is 1. The van der Waals surface area contributed by atoms with Crippen molar-refractivity contribution in [2.45, 2.75) is 31.3 Å². The van der Waals surface area contributed by atoms with Gasteiger partial charge in [-0.1, -0.05) is 0 Å². The molecule has 0 unspecified atom stereocenters. The van der Waals surface area contributed by atoms with E-state index in [1.165, 1.54) is 0 Å². The second-order valence-electron chi connectivity index (χ2n) is 6.15. The van der Waals surface area contributed by atoms with Crippen LogP contribution in [0.5, 0.6) is 0 Å². The fourth-order valence-electron chi connectivity index (χ4n) is 2.91. The third-order valence-electron chi connectivity index (χ3n) is 4.13. The first kappa shape index (κ1) is 20.9. The van der Waals surface area contributed by atoms with Crippen molar-refractivity contribution in [2.24, 2.45) is 4.99 Å². The number of nitrogens with one attached hydrogen (secondary N) is 2. The van der Waals surface area contributed by atoms with E-state index in [-0.39, 0.29) is 19.4 Å². The van der Waals surface area contributed by atoms with Crippen molar-refractivity contribution in [3.63, 3.8) is 0 Å². The number of nitrogens with zero attached hydrogens (tertiary/aromatic N) is 4. The summed E-state index contributed by atoms with van der Waals surface area (Å²) in [6.07, 6.45) is 2.22. The molecule has 2 heterocycles. The van der Waals surface area contributed by atoms with E-state index in [0.29, 0.717) is 18.0 Å². The van der Waals surface area contributed by atoms with Crippen LogP contribution < -0.4 is 10.9 Å². The Morgan fingerprint density at radius 1 is 1.41 bits per heavy atom. The molecule has 0 aromatic carbocycles. The SMILES string of the molecule is CN=CN(C)CCC(=O)NNC(=O)[C@@H]1CC[C@@H]2CN1C(=O)N2OS(=O)(=O)O. The maximum absolute atomic E-state index is 12.3. The molecule has 2 aliphatic heterocycles. The zero-order chi connectivity index (χ0) is 20.2. The van der Waals surface area contributed by atoms with Gasteiger partial charge in [-0.2, -0.15) is 13.5 Å². The van der Waals surface area contributed by atoms with E-state index < -0.39 is 40.3 Å². The van der Waals surface area contributed by atoms with Gasteiger partial charge in [0.25, 0.3) is 5.91 Å². The number of amides is 4. The van der Waals surface area contributed by atoms with Gasteiger partial charge in [-0.15, -0.1) is 4.28 Å². The molecular weight excluding hydrogens is 384 g/mol. The highest BCUT2D eigenvalue weighted by atomic mass is 32.3. The second kappa shape index (κ2) is 8.49. The number of hydrogen-bond donors (Lipinski definition) is 3. The van der Waals surface area contributed by atoms with E-state index in [0.717, 1.165) is 4.90 Å². The Morgan fingerprint density at radius 3 is 2.74 bits per heavy atom. The summed E-state index contributed by atoms with van der Waals surface area (Å²) in [5, 5.41) is 0.548. The molecule has 0 aliphatic carbocycles. The Labute approximate surface area is 156 Å². The first-order valence-electron chi connectivity index (χ1n) is 8.10. The molecule has 0 radical (unpaired) electrons. The molecule has 2 rings (SSSR count). The van der Waals surface area contributed by atoms with E-state index in [1.54, 1.807) is 25.3 Å². The Hall–Kier alpha value is -2.45. The highest BCUT2D eigenvalue weighted by Gasteiger charge is 2.49. The van der Waals surface area contributed by atoms with Crippen molar-refractivity contribution < 1.29 is 31.6 Å². The minimum atomic E-state index is -4.85. The van der Waals surface area contributed by atoms with Crippen LogP contribution in [0.4, 0.5) is 4.79 Å². The average molecular weight is 406 g/mol. The molecule has 2 fully saturated rings. The summed E-state index contributed by atoms with van der Waals surface area (Å²) in [7, 11) is -1.50. The molecule has 27 heavy (non-hydrogen) atoms. The molecule has 0 aromatic heterocycles. The topological polar surface area (TPSA) is 161 Å². The Bertz CT molecular complexity index is 727. The van der Waals surface area contributed by atoms with E-state index in [2.05, 4.69) is 20.1 Å². The predicted octanol–water partition coefficient (Wildman–Crippen LogP) is -1.88. The van der Waals surface area contributed by atoms with E-state index in [4.69, 9.17) is 4.55 Å². The Balaban J connectivity index is 1.86. The normalized spacial score (nSPS) is 22.3. The van der Waals surface area contributed by atoms with Crippen molar-refractivity contribution in [2.75, 3.05) is 27.2 Å². The van der Waals surface area contributed by atoms with E-state index in [9.17, 15) is 22.8 Å². The zero-order valence-electron chi connectivity index (χ0n) is 14.9. The quantitative estimate of drug-likeness (QED) is 0.191. The number of rotatable bonds is 7. The van der Waals surface area contributed by atoms with Crippen molar-refractivity contribution in [3.05, 3.63) is 0 Å². The van der Waals surface area contributed by atoms with Crippen LogP contribution in [0.25, 0.3) is 0 Å². The zero-order valence-corrected chi connectivity index (χ0v) is 15.7. The molecule has 0 saturated carbocycles. The van der Waals surface area contributed by atoms with Crippen molar-refractivity contribution in [1.82, 2.24) is 25.7 Å². The lowest BCUT2D eigenvalue weighted by molar-refractivity contribution is -0.132. The minimum absolute atomic E-state index is 0.0710. The number of piperidine rings is 1. The third-order valence-corrected chi connectivity index (χ3v) is 4.48. The number of carbonyl (C=O) groups excluding carboxylic acids is 3. The number of hydrogen-bond acceptors (Lipinski definition) is 7. The van der Waals surface area contributed by atoms with Gasteiger partial charge in [-0.25, -0.2) is 4.79 Å². The van der Waals surface area contributed by atoms with Gasteiger partial charge in [0.15, 0.2) is 0 Å². The summed E-state index contributed by atoms with van der Waals surface area (Å²) in [5.41, 5.74) is 4.53. The summed E-state index contributed by atoms with van der Waals surface area (Å²) in [6, 6.07) is -2.32. The van der Waals surface area contributed by atoms with Crippen molar-refractivity contribution >= 4 is 34.6 Å². The van der Waals surface area contributed by atoms with Crippen LogP contribution in [0, 0.1) is 0 Å². The molecule has 152 valence electrons. The Kier molecular flexibility index (Phi) is 6.56. The first-order chi connectivity index (χ1) is 12.6. The molecule has 2 atom stereocenters. The maximum Gasteiger partial charge on any atom is 0.418 e. The third kappa shape index (κ3) is 5.51. The van der Waals surface area contributed by atoms with Crippen molar-refractivity contribution in [1.29, 1.82) is 0 Å². The highest BCUT2D eigenvalue weighted by Crippen LogP contribution is 2.30. The summed E-state index contributed by atoms with van der Waals surface area (Å²) in [6.45, 7) is 0.470. The molecule has 2 saturated heterocycles. The summed E-state index contributed by atoms with van der Waals surface area (Å²) in [4.78, 5) is 42.9. The molecule has 2 aliphatic rings. The average Bonchev–Trinajstić information content (AvgIpc) is 2.82. The van der Waals surface area contributed by atoms with Gasteiger partial charge in [-0.05, 0) is 12.8 Å². The first-order valence-corrected chi connectivity index (χ1v) is 9.47. The lowest BCUT2D eigenvalue weighted by atomic mass is 10.0. The van der Waals surface area contributed by atoms with Crippen LogP contribution in [0.1, 0.15) is 19.3 Å². The Morgan fingerprint density at radius 2 is 2.11 bits per heavy atom. The van der Waals surface area contributed by atoms with Gasteiger partial charge in [-0.3, -0.25) is 30.0 Å². The molecule has 0 aromatic rings. The fourth-order valence-corrected chi connectivity index (χ4v) is 3.30. The number of urea groups is 1. The van der Waals surface area contributed by atoms with Gasteiger partial charge in [0.2, 0.25) is 5.91 Å². The molecule has 14 heteroatoms. The molecule has 4 amide bonds. The molecule has 13 nitrogen and oxygen atoms in total. The number of hydroxylamine groups is 2. The fraction of sp³-hybridized carbons (Fsp3) is 0.692. The van der Waals surface area contributed by atoms with Crippen LogP contribution in [-0.2, 0) is 24.3 Å². The summed E-state index contributed by atoms with van der Waals surface area (Å²) < 4.78 is 34.7. The lowest BCUT2D eigenvalue weighted by Crippen LogP contribution is -2.54. The number of fused-ring (bicyclic) bond motifs is 2. The van der Waals surface area contributed by atoms with Crippen LogP contribution in [-0.4, -0.2) is 91.3 Å². The van der Waals surface area contributed by atoms with Crippen LogP contribution >= 0.6 is 0 Å². The summed E-state index contributed by atoms with van der Waals surface area (Å²) in [5.74, 6) is -1.02. The lowest BCUT2D eigenvalue weighted by Gasteiger charge is -2.29. The molecule has 3 N–H and O–H groups in total. The number of aliphatic imine (C=N–C) groups is 1. The largest absolute Gasteiger partial charge is 0.418 e. The summed E-state index contributed by atoms with van der Waals surface area (Å²) >= 11 is 0. The monoisotopic (exact) mass is 406 g/mol. The van der Waals surface area contributed by atoms with E-state index >= 15 is 0 Å². The standard InChI is InChI=1S/C13H22N6O7S/c1-14-8-17(2)6-5-11(20)15-16-12(21)10-4-3-9-7-18(10)13(22)19(9)26-27(23,24)25/h8-10H,3-7H2,1-2H3,(H,15,20)(H,16,21)(H,23,24,25)/t9-,10+/m1/s1. The maximum atomic E-state index is 12.3. The molecular formula is C13H22N6O7S. The van der Waals surface area contributed by atoms with Crippen LogP contribution in [0.15, 0.2) is 4.99 Å². The van der Waals surface area contributed by atoms with E-state index in [1.807, 2.05) is 0 Å². The highest BCUT2D eigenvalue weighted by molar-refractivity contribution is 7.80. The second-order valence-corrected chi connectivity index (χ2v) is 7.16. The van der Waals surface area contributed by atoms with Crippen LogP contribution in [0.2, 0.25) is 0 Å². The molecule has 0 spiro atoms. The number of carbonyl (C=O) groups is 3. The van der Waals surface area contributed by atoms with Gasteiger partial charge in [0.1, 0.15) is 6.04 Å². The van der Waals surface area contributed by atoms with Gasteiger partial charge >= 0.3 is 16.4 Å². The smallest absolute Gasteiger partial charge is 0.366 e. The minimum Gasteiger partial charge on any atom is -0.366 e.